The smallest absolute Gasteiger partial charge is 0.272 e. The van der Waals surface area contributed by atoms with E-state index in [1.807, 2.05) is 6.26 Å². The molecule has 7 nitrogen and oxygen atoms in total. The molecule has 0 saturated carbocycles. The molecule has 0 N–H and O–H groups in total. The maximum absolute atomic E-state index is 14.2. The van der Waals surface area contributed by atoms with E-state index in [1.54, 1.807) is 18.2 Å². The summed E-state index contributed by atoms with van der Waals surface area (Å²) in [6.45, 7) is 0. The van der Waals surface area contributed by atoms with E-state index in [9.17, 15) is 14.5 Å². The Kier molecular flexibility index (Phi) is 5.31. The van der Waals surface area contributed by atoms with Crippen LogP contribution in [0.3, 0.4) is 0 Å². The number of halogens is 1. The number of nitro groups is 1. The number of rotatable bonds is 6. The molecule has 2 aromatic carbocycles. The zero-order valence-corrected chi connectivity index (χ0v) is 15.5. The third-order valence-electron chi connectivity index (χ3n) is 3.81. The summed E-state index contributed by atoms with van der Waals surface area (Å²) in [4.78, 5) is 14.6. The number of hydrogen-bond donors (Lipinski definition) is 0. The van der Waals surface area contributed by atoms with E-state index in [0.717, 1.165) is 6.07 Å². The largest absolute Gasteiger partial charge is 0.493 e. The Balaban J connectivity index is 2.13. The first kappa shape index (κ1) is 18.7. The number of non-ortho nitro benzene ring substituents is 1. The molecule has 140 valence electrons. The van der Waals surface area contributed by atoms with Crippen LogP contribution in [0.5, 0.6) is 23.0 Å². The van der Waals surface area contributed by atoms with Gasteiger partial charge in [-0.05, 0) is 18.4 Å². The summed E-state index contributed by atoms with van der Waals surface area (Å²) in [7, 11) is 3.02. The highest BCUT2D eigenvalue weighted by Crippen LogP contribution is 2.39. The molecule has 0 amide bonds. The Morgan fingerprint density at radius 3 is 2.33 bits per heavy atom. The van der Waals surface area contributed by atoms with Crippen molar-refractivity contribution in [3.63, 3.8) is 0 Å². The molecule has 9 heteroatoms. The zero-order valence-electron chi connectivity index (χ0n) is 14.7. The molecule has 3 aromatic rings. The van der Waals surface area contributed by atoms with Gasteiger partial charge in [0.1, 0.15) is 10.8 Å². The number of benzene rings is 2. The summed E-state index contributed by atoms with van der Waals surface area (Å²) in [5, 5.41) is 12.0. The Bertz CT molecular complexity index is 1030. The fraction of sp³-hybridized carbons (Fsp3) is 0.167. The number of nitrogens with zero attached hydrogens (tertiary/aromatic N) is 2. The second kappa shape index (κ2) is 7.67. The average molecular weight is 390 g/mol. The molecule has 1 heterocycles. The predicted molar refractivity (Wildman–Crippen MR) is 99.8 cm³/mol. The molecular formula is C18H15FN2O5S. The van der Waals surface area contributed by atoms with Gasteiger partial charge < -0.3 is 14.2 Å². The minimum absolute atomic E-state index is 0.130. The summed E-state index contributed by atoms with van der Waals surface area (Å²) >= 11 is 1.40. The molecule has 3 rings (SSSR count). The summed E-state index contributed by atoms with van der Waals surface area (Å²) in [6.07, 6.45) is 1.85. The predicted octanol–water partition coefficient (Wildman–Crippen LogP) is 4.81. The van der Waals surface area contributed by atoms with Gasteiger partial charge in [-0.25, -0.2) is 9.37 Å². The number of pyridine rings is 1. The molecule has 0 aliphatic rings. The van der Waals surface area contributed by atoms with Crippen molar-refractivity contribution in [3.05, 3.63) is 52.3 Å². The Morgan fingerprint density at radius 2 is 1.74 bits per heavy atom. The topological polar surface area (TPSA) is 83.7 Å². The van der Waals surface area contributed by atoms with Gasteiger partial charge >= 0.3 is 0 Å². The van der Waals surface area contributed by atoms with Gasteiger partial charge in [-0.2, -0.15) is 0 Å². The highest BCUT2D eigenvalue weighted by Gasteiger charge is 2.16. The van der Waals surface area contributed by atoms with Crippen LogP contribution in [0.1, 0.15) is 0 Å². The summed E-state index contributed by atoms with van der Waals surface area (Å²) in [5.41, 5.74) is 0.229. The summed E-state index contributed by atoms with van der Waals surface area (Å²) in [6, 6.07) is 8.27. The second-order valence-corrected chi connectivity index (χ2v) is 6.19. The van der Waals surface area contributed by atoms with E-state index in [2.05, 4.69) is 4.98 Å². The fourth-order valence-electron chi connectivity index (χ4n) is 2.49. The van der Waals surface area contributed by atoms with Crippen molar-refractivity contribution >= 4 is 28.4 Å². The number of thioether (sulfide) groups is 1. The quantitative estimate of drug-likeness (QED) is 0.339. The molecule has 0 radical (unpaired) electrons. The molecule has 0 aliphatic carbocycles. The minimum Gasteiger partial charge on any atom is -0.493 e. The lowest BCUT2D eigenvalue weighted by atomic mass is 10.1. The lowest BCUT2D eigenvalue weighted by molar-refractivity contribution is -0.385. The molecule has 0 spiro atoms. The maximum Gasteiger partial charge on any atom is 0.272 e. The number of ether oxygens (including phenoxy) is 3. The highest BCUT2D eigenvalue weighted by atomic mass is 32.2. The van der Waals surface area contributed by atoms with E-state index in [0.29, 0.717) is 33.2 Å². The van der Waals surface area contributed by atoms with Crippen molar-refractivity contribution in [2.24, 2.45) is 0 Å². The third kappa shape index (κ3) is 3.72. The highest BCUT2D eigenvalue weighted by molar-refractivity contribution is 7.98. The van der Waals surface area contributed by atoms with Crippen molar-refractivity contribution in [1.82, 2.24) is 4.98 Å². The standard InChI is InChI=1S/C18H15FN2O5S/c1-24-16-7-11-13(8-17(16)25-2)20-18(27-3)9-15(11)26-14-5-4-10(21(22)23)6-12(14)19/h4-9H,1-3H3. The molecule has 0 atom stereocenters. The van der Waals surface area contributed by atoms with E-state index in [4.69, 9.17) is 14.2 Å². The lowest BCUT2D eigenvalue weighted by Gasteiger charge is -2.14. The van der Waals surface area contributed by atoms with Gasteiger partial charge in [0.2, 0.25) is 0 Å². The molecular weight excluding hydrogens is 375 g/mol. The maximum atomic E-state index is 14.2. The average Bonchev–Trinajstić information content (AvgIpc) is 2.67. The summed E-state index contributed by atoms with van der Waals surface area (Å²) < 4.78 is 30.6. The van der Waals surface area contributed by atoms with Crippen molar-refractivity contribution in [2.75, 3.05) is 20.5 Å². The monoisotopic (exact) mass is 390 g/mol. The molecule has 0 unspecified atom stereocenters. The molecule has 0 bridgehead atoms. The Labute approximate surface area is 158 Å². The number of nitro benzene ring substituents is 1. The number of aromatic nitrogens is 1. The normalized spacial score (nSPS) is 10.7. The van der Waals surface area contributed by atoms with E-state index >= 15 is 0 Å². The van der Waals surface area contributed by atoms with Crippen LogP contribution in [0.2, 0.25) is 0 Å². The van der Waals surface area contributed by atoms with Gasteiger partial charge in [-0.15, -0.1) is 11.8 Å². The summed E-state index contributed by atoms with van der Waals surface area (Å²) in [5.74, 6) is 0.356. The van der Waals surface area contributed by atoms with E-state index in [-0.39, 0.29) is 11.4 Å². The third-order valence-corrected chi connectivity index (χ3v) is 4.44. The Morgan fingerprint density at radius 1 is 1.04 bits per heavy atom. The molecule has 0 fully saturated rings. The minimum atomic E-state index is -0.833. The van der Waals surface area contributed by atoms with E-state index < -0.39 is 10.7 Å². The van der Waals surface area contributed by atoms with Crippen LogP contribution in [0, 0.1) is 15.9 Å². The van der Waals surface area contributed by atoms with Crippen LogP contribution in [0.4, 0.5) is 10.1 Å². The van der Waals surface area contributed by atoms with Gasteiger partial charge in [-0.1, -0.05) is 0 Å². The van der Waals surface area contributed by atoms with Gasteiger partial charge in [-0.3, -0.25) is 10.1 Å². The number of fused-ring (bicyclic) bond motifs is 1. The van der Waals surface area contributed by atoms with Crippen LogP contribution in [0.15, 0.2) is 41.4 Å². The SMILES string of the molecule is COc1cc2nc(SC)cc(Oc3ccc([N+](=O)[O-])cc3F)c2cc1OC. The van der Waals surface area contributed by atoms with Crippen molar-refractivity contribution < 1.29 is 23.5 Å². The van der Waals surface area contributed by atoms with E-state index in [1.165, 1.54) is 38.1 Å². The first-order chi connectivity index (χ1) is 13.0. The Hall–Kier alpha value is -3.07. The van der Waals surface area contributed by atoms with Crippen LogP contribution in [-0.4, -0.2) is 30.4 Å². The van der Waals surface area contributed by atoms with Crippen LogP contribution >= 0.6 is 11.8 Å². The number of hydrogen-bond acceptors (Lipinski definition) is 7. The molecule has 27 heavy (non-hydrogen) atoms. The van der Waals surface area contributed by atoms with Gasteiger partial charge in [0.25, 0.3) is 5.69 Å². The molecule has 0 saturated heterocycles. The van der Waals surface area contributed by atoms with Crippen molar-refractivity contribution in [3.8, 4) is 23.0 Å². The number of methoxy groups -OCH3 is 2. The second-order valence-electron chi connectivity index (χ2n) is 5.36. The van der Waals surface area contributed by atoms with Crippen LogP contribution < -0.4 is 14.2 Å². The zero-order chi connectivity index (χ0) is 19.6. The van der Waals surface area contributed by atoms with Gasteiger partial charge in [0.15, 0.2) is 23.1 Å². The van der Waals surface area contributed by atoms with Crippen molar-refractivity contribution in [2.45, 2.75) is 5.03 Å². The fourth-order valence-corrected chi connectivity index (χ4v) is 2.91. The van der Waals surface area contributed by atoms with Crippen LogP contribution in [0.25, 0.3) is 10.9 Å². The lowest BCUT2D eigenvalue weighted by Crippen LogP contribution is -1.96. The first-order valence-corrected chi connectivity index (χ1v) is 8.92. The first-order valence-electron chi connectivity index (χ1n) is 7.69. The molecule has 1 aromatic heterocycles. The van der Waals surface area contributed by atoms with Gasteiger partial charge in [0.05, 0.1) is 30.7 Å². The van der Waals surface area contributed by atoms with Gasteiger partial charge in [0, 0.05) is 23.6 Å². The molecule has 0 aliphatic heterocycles. The van der Waals surface area contributed by atoms with Crippen molar-refractivity contribution in [1.29, 1.82) is 0 Å². The van der Waals surface area contributed by atoms with Crippen LogP contribution in [-0.2, 0) is 0 Å².